The molecule has 0 aliphatic carbocycles. The second-order valence-electron chi connectivity index (χ2n) is 3.64. The SMILES string of the molecule is COc1ccc(C#N)c(-n2cc(C)c(N)n2)c1. The Balaban J connectivity index is 2.60. The highest BCUT2D eigenvalue weighted by molar-refractivity contribution is 5.53. The van der Waals surface area contributed by atoms with E-state index in [1.54, 1.807) is 36.2 Å². The summed E-state index contributed by atoms with van der Waals surface area (Å²) in [6, 6.07) is 7.30. The molecule has 0 fully saturated rings. The maximum Gasteiger partial charge on any atom is 0.148 e. The lowest BCUT2D eigenvalue weighted by Crippen LogP contribution is -2.00. The Morgan fingerprint density at radius 3 is 2.76 bits per heavy atom. The summed E-state index contributed by atoms with van der Waals surface area (Å²) in [5.41, 5.74) is 7.75. The normalized spacial score (nSPS) is 9.94. The van der Waals surface area contributed by atoms with Gasteiger partial charge in [-0.05, 0) is 19.1 Å². The molecule has 17 heavy (non-hydrogen) atoms. The zero-order chi connectivity index (χ0) is 12.4. The van der Waals surface area contributed by atoms with Crippen LogP contribution in [0.15, 0.2) is 24.4 Å². The highest BCUT2D eigenvalue weighted by Crippen LogP contribution is 2.22. The molecule has 0 aliphatic heterocycles. The van der Waals surface area contributed by atoms with Crippen LogP contribution < -0.4 is 10.5 Å². The van der Waals surface area contributed by atoms with Gasteiger partial charge in [0, 0.05) is 17.8 Å². The fourth-order valence-corrected chi connectivity index (χ4v) is 1.52. The van der Waals surface area contributed by atoms with E-state index in [4.69, 9.17) is 15.7 Å². The van der Waals surface area contributed by atoms with Crippen LogP contribution in [0.4, 0.5) is 5.82 Å². The highest BCUT2D eigenvalue weighted by Gasteiger charge is 2.09. The quantitative estimate of drug-likeness (QED) is 0.847. The number of anilines is 1. The van der Waals surface area contributed by atoms with Crippen molar-refractivity contribution < 1.29 is 4.74 Å². The van der Waals surface area contributed by atoms with E-state index in [2.05, 4.69) is 11.2 Å². The lowest BCUT2D eigenvalue weighted by Gasteiger charge is -2.06. The first-order chi connectivity index (χ1) is 8.15. The van der Waals surface area contributed by atoms with Gasteiger partial charge in [-0.2, -0.15) is 10.4 Å². The molecule has 2 rings (SSSR count). The topological polar surface area (TPSA) is 76.9 Å². The molecule has 1 aromatic heterocycles. The van der Waals surface area contributed by atoms with Crippen molar-refractivity contribution in [3.05, 3.63) is 35.5 Å². The van der Waals surface area contributed by atoms with Crippen LogP contribution in [0.2, 0.25) is 0 Å². The Morgan fingerprint density at radius 2 is 2.24 bits per heavy atom. The molecule has 0 radical (unpaired) electrons. The highest BCUT2D eigenvalue weighted by atomic mass is 16.5. The van der Waals surface area contributed by atoms with Gasteiger partial charge < -0.3 is 10.5 Å². The predicted octanol–water partition coefficient (Wildman–Crippen LogP) is 1.64. The van der Waals surface area contributed by atoms with E-state index in [0.29, 0.717) is 22.8 Å². The lowest BCUT2D eigenvalue weighted by molar-refractivity contribution is 0.414. The van der Waals surface area contributed by atoms with Gasteiger partial charge in [-0.1, -0.05) is 0 Å². The summed E-state index contributed by atoms with van der Waals surface area (Å²) >= 11 is 0. The minimum Gasteiger partial charge on any atom is -0.497 e. The third-order valence-corrected chi connectivity index (χ3v) is 2.51. The number of nitriles is 1. The monoisotopic (exact) mass is 228 g/mol. The molecule has 0 spiro atoms. The Bertz CT molecular complexity index is 576. The molecule has 86 valence electrons. The molecule has 0 atom stereocenters. The lowest BCUT2D eigenvalue weighted by atomic mass is 10.2. The fourth-order valence-electron chi connectivity index (χ4n) is 1.52. The Labute approximate surface area is 99.0 Å². The van der Waals surface area contributed by atoms with Crippen LogP contribution in [-0.2, 0) is 0 Å². The third-order valence-electron chi connectivity index (χ3n) is 2.51. The standard InChI is InChI=1S/C12H12N4O/c1-8-7-16(15-12(8)14)11-5-10(17-2)4-3-9(11)6-13/h3-5,7H,1-2H3,(H2,14,15). The van der Waals surface area contributed by atoms with Crippen LogP contribution in [0.5, 0.6) is 5.75 Å². The maximum atomic E-state index is 9.06. The molecule has 2 aromatic rings. The molecule has 0 saturated carbocycles. The van der Waals surface area contributed by atoms with Crippen LogP contribution in [0, 0.1) is 18.3 Å². The first kappa shape index (κ1) is 11.0. The van der Waals surface area contributed by atoms with E-state index in [0.717, 1.165) is 5.56 Å². The van der Waals surface area contributed by atoms with Gasteiger partial charge >= 0.3 is 0 Å². The zero-order valence-corrected chi connectivity index (χ0v) is 9.64. The summed E-state index contributed by atoms with van der Waals surface area (Å²) in [6.45, 7) is 1.87. The minimum absolute atomic E-state index is 0.455. The Kier molecular flexibility index (Phi) is 2.71. The number of hydrogen-bond donors (Lipinski definition) is 1. The van der Waals surface area contributed by atoms with Crippen LogP contribution >= 0.6 is 0 Å². The summed E-state index contributed by atoms with van der Waals surface area (Å²) in [5, 5.41) is 13.2. The Hall–Kier alpha value is -2.48. The summed E-state index contributed by atoms with van der Waals surface area (Å²) in [5.74, 6) is 1.13. The van der Waals surface area contributed by atoms with Crippen molar-refractivity contribution in [2.45, 2.75) is 6.92 Å². The van der Waals surface area contributed by atoms with Gasteiger partial charge in [0.05, 0.1) is 18.4 Å². The number of rotatable bonds is 2. The minimum atomic E-state index is 0.455. The summed E-state index contributed by atoms with van der Waals surface area (Å²) in [6.07, 6.45) is 1.78. The number of aryl methyl sites for hydroxylation is 1. The first-order valence-corrected chi connectivity index (χ1v) is 5.06. The van der Waals surface area contributed by atoms with Gasteiger partial charge in [0.15, 0.2) is 0 Å². The number of methoxy groups -OCH3 is 1. The molecule has 0 bridgehead atoms. The van der Waals surface area contributed by atoms with Gasteiger partial charge in [-0.3, -0.25) is 0 Å². The number of nitrogens with two attached hydrogens (primary N) is 1. The average molecular weight is 228 g/mol. The van der Waals surface area contributed by atoms with E-state index in [-0.39, 0.29) is 0 Å². The van der Waals surface area contributed by atoms with Crippen molar-refractivity contribution in [3.8, 4) is 17.5 Å². The number of hydrogen-bond acceptors (Lipinski definition) is 4. The fraction of sp³-hybridized carbons (Fsp3) is 0.167. The van der Waals surface area contributed by atoms with E-state index in [1.165, 1.54) is 0 Å². The van der Waals surface area contributed by atoms with Crippen LogP contribution in [0.3, 0.4) is 0 Å². The van der Waals surface area contributed by atoms with E-state index < -0.39 is 0 Å². The molecule has 0 unspecified atom stereocenters. The van der Waals surface area contributed by atoms with E-state index in [1.807, 2.05) is 6.92 Å². The Morgan fingerprint density at radius 1 is 1.47 bits per heavy atom. The smallest absolute Gasteiger partial charge is 0.148 e. The van der Waals surface area contributed by atoms with Crippen molar-refractivity contribution in [3.63, 3.8) is 0 Å². The number of nitrogens with zero attached hydrogens (tertiary/aromatic N) is 3. The predicted molar refractivity (Wildman–Crippen MR) is 64.0 cm³/mol. The molecular weight excluding hydrogens is 216 g/mol. The molecule has 5 heteroatoms. The van der Waals surface area contributed by atoms with Crippen molar-refractivity contribution in [2.24, 2.45) is 0 Å². The van der Waals surface area contributed by atoms with Crippen molar-refractivity contribution in [1.82, 2.24) is 9.78 Å². The number of benzene rings is 1. The molecule has 5 nitrogen and oxygen atoms in total. The summed E-state index contributed by atoms with van der Waals surface area (Å²) in [7, 11) is 1.58. The largest absolute Gasteiger partial charge is 0.497 e. The summed E-state index contributed by atoms with van der Waals surface area (Å²) in [4.78, 5) is 0. The number of ether oxygens (including phenoxy) is 1. The molecule has 0 amide bonds. The third kappa shape index (κ3) is 1.93. The first-order valence-electron chi connectivity index (χ1n) is 5.06. The summed E-state index contributed by atoms with van der Waals surface area (Å²) < 4.78 is 6.72. The molecule has 2 N–H and O–H groups in total. The second-order valence-corrected chi connectivity index (χ2v) is 3.64. The van der Waals surface area contributed by atoms with E-state index in [9.17, 15) is 0 Å². The van der Waals surface area contributed by atoms with Gasteiger partial charge in [-0.15, -0.1) is 0 Å². The van der Waals surface area contributed by atoms with Gasteiger partial charge in [0.1, 0.15) is 17.6 Å². The average Bonchev–Trinajstić information content (AvgIpc) is 2.68. The van der Waals surface area contributed by atoms with Crippen LogP contribution in [0.25, 0.3) is 5.69 Å². The van der Waals surface area contributed by atoms with Crippen molar-refractivity contribution in [2.75, 3.05) is 12.8 Å². The van der Waals surface area contributed by atoms with Crippen molar-refractivity contribution >= 4 is 5.82 Å². The van der Waals surface area contributed by atoms with Crippen LogP contribution in [-0.4, -0.2) is 16.9 Å². The zero-order valence-electron chi connectivity index (χ0n) is 9.64. The molecule has 1 heterocycles. The molecular formula is C12H12N4O. The number of nitrogen functional groups attached to an aromatic ring is 1. The van der Waals surface area contributed by atoms with Crippen molar-refractivity contribution in [1.29, 1.82) is 5.26 Å². The molecule has 1 aromatic carbocycles. The second kappa shape index (κ2) is 4.18. The van der Waals surface area contributed by atoms with Gasteiger partial charge in [-0.25, -0.2) is 4.68 Å². The maximum absolute atomic E-state index is 9.06. The van der Waals surface area contributed by atoms with Crippen LogP contribution in [0.1, 0.15) is 11.1 Å². The van der Waals surface area contributed by atoms with E-state index >= 15 is 0 Å². The molecule has 0 aliphatic rings. The van der Waals surface area contributed by atoms with Gasteiger partial charge in [0.2, 0.25) is 0 Å². The number of aromatic nitrogens is 2. The van der Waals surface area contributed by atoms with Gasteiger partial charge in [0.25, 0.3) is 0 Å². The molecule has 0 saturated heterocycles.